The highest BCUT2D eigenvalue weighted by Crippen LogP contribution is 2.39. The van der Waals surface area contributed by atoms with E-state index in [1.54, 1.807) is 0 Å². The van der Waals surface area contributed by atoms with Gasteiger partial charge in [-0.2, -0.15) is 0 Å². The van der Waals surface area contributed by atoms with E-state index in [1.165, 1.54) is 54.2 Å². The van der Waals surface area contributed by atoms with Gasteiger partial charge >= 0.3 is 0 Å². The van der Waals surface area contributed by atoms with Gasteiger partial charge in [-0.15, -0.1) is 0 Å². The van der Waals surface area contributed by atoms with Gasteiger partial charge in [0, 0.05) is 0 Å². The zero-order chi connectivity index (χ0) is 18.5. The molecule has 0 bridgehead atoms. The van der Waals surface area contributed by atoms with Crippen LogP contribution in [0.3, 0.4) is 0 Å². The molecule has 0 aliphatic heterocycles. The van der Waals surface area contributed by atoms with E-state index in [4.69, 9.17) is 0 Å². The molecule has 28 heavy (non-hydrogen) atoms. The van der Waals surface area contributed by atoms with Gasteiger partial charge in [-0.1, -0.05) is 109 Å². The lowest BCUT2D eigenvalue weighted by Crippen LogP contribution is -1.87. The first-order valence-corrected chi connectivity index (χ1v) is 9.71. The van der Waals surface area contributed by atoms with Crippen molar-refractivity contribution in [3.63, 3.8) is 0 Å². The van der Waals surface area contributed by atoms with Gasteiger partial charge in [0.05, 0.1) is 0 Å². The molecule has 0 radical (unpaired) electrons. The lowest BCUT2D eigenvalue weighted by Gasteiger charge is -2.14. The monoisotopic (exact) mass is 354 g/mol. The molecule has 130 valence electrons. The van der Waals surface area contributed by atoms with E-state index in [-0.39, 0.29) is 0 Å². The second kappa shape index (κ2) is 5.94. The van der Waals surface area contributed by atoms with Crippen LogP contribution in [-0.2, 0) is 0 Å². The maximum absolute atomic E-state index is 2.27. The van der Waals surface area contributed by atoms with E-state index in [1.807, 2.05) is 0 Å². The van der Waals surface area contributed by atoms with Crippen LogP contribution in [0.15, 0.2) is 109 Å². The Bertz CT molecular complexity index is 1390. The fraction of sp³-hybridized carbons (Fsp3) is 0. The summed E-state index contributed by atoms with van der Waals surface area (Å²) in [6.07, 6.45) is 0. The van der Waals surface area contributed by atoms with Crippen LogP contribution in [0.1, 0.15) is 0 Å². The number of rotatable bonds is 1. The van der Waals surface area contributed by atoms with E-state index in [0.29, 0.717) is 0 Å². The average Bonchev–Trinajstić information content (AvgIpc) is 2.78. The van der Waals surface area contributed by atoms with E-state index >= 15 is 0 Å². The Hall–Kier alpha value is -3.64. The smallest absolute Gasteiger partial charge is 0.00266 e. The zero-order valence-corrected chi connectivity index (χ0v) is 15.4. The van der Waals surface area contributed by atoms with E-state index in [2.05, 4.69) is 109 Å². The van der Waals surface area contributed by atoms with Gasteiger partial charge in [0.25, 0.3) is 0 Å². The normalized spacial score (nSPS) is 11.6. The fourth-order valence-electron chi connectivity index (χ4n) is 4.57. The quantitative estimate of drug-likeness (QED) is 0.263. The molecule has 0 amide bonds. The number of hydrogen-bond acceptors (Lipinski definition) is 0. The van der Waals surface area contributed by atoms with Crippen LogP contribution < -0.4 is 0 Å². The minimum atomic E-state index is 1.28. The third-order valence-corrected chi connectivity index (χ3v) is 5.83. The third-order valence-electron chi connectivity index (χ3n) is 5.83. The van der Waals surface area contributed by atoms with Crippen molar-refractivity contribution < 1.29 is 0 Å². The van der Waals surface area contributed by atoms with Crippen LogP contribution in [0.4, 0.5) is 0 Å². The van der Waals surface area contributed by atoms with Crippen LogP contribution in [0.2, 0.25) is 0 Å². The van der Waals surface area contributed by atoms with Crippen LogP contribution in [0.5, 0.6) is 0 Å². The molecule has 0 nitrogen and oxygen atoms in total. The molecule has 6 rings (SSSR count). The van der Waals surface area contributed by atoms with Gasteiger partial charge in [0.1, 0.15) is 0 Å². The van der Waals surface area contributed by atoms with E-state index in [9.17, 15) is 0 Å². The summed E-state index contributed by atoms with van der Waals surface area (Å²) in [7, 11) is 0. The third kappa shape index (κ3) is 2.18. The van der Waals surface area contributed by atoms with E-state index < -0.39 is 0 Å². The molecule has 6 aromatic carbocycles. The Morgan fingerprint density at radius 2 is 0.679 bits per heavy atom. The molecule has 0 saturated carbocycles. The highest BCUT2D eigenvalue weighted by molar-refractivity contribution is 6.20. The first-order chi connectivity index (χ1) is 13.9. The molecule has 0 unspecified atom stereocenters. The summed E-state index contributed by atoms with van der Waals surface area (Å²) in [4.78, 5) is 0. The van der Waals surface area contributed by atoms with Crippen LogP contribution in [0, 0.1) is 0 Å². The Morgan fingerprint density at radius 1 is 0.286 bits per heavy atom. The Kier molecular flexibility index (Phi) is 3.27. The molecule has 0 fully saturated rings. The number of benzene rings is 6. The predicted molar refractivity (Wildman–Crippen MR) is 122 cm³/mol. The number of hydrogen-bond donors (Lipinski definition) is 0. The minimum absolute atomic E-state index is 1.28. The molecule has 0 heterocycles. The highest BCUT2D eigenvalue weighted by Gasteiger charge is 2.12. The lowest BCUT2D eigenvalue weighted by atomic mass is 9.89. The Balaban J connectivity index is 1.84. The predicted octanol–water partition coefficient (Wildman–Crippen LogP) is 7.97. The van der Waals surface area contributed by atoms with E-state index in [0.717, 1.165) is 0 Å². The van der Waals surface area contributed by atoms with Crippen molar-refractivity contribution in [3.05, 3.63) is 109 Å². The minimum Gasteiger partial charge on any atom is -0.0616 e. The molecular weight excluding hydrogens is 336 g/mol. The molecular formula is C28H18. The van der Waals surface area contributed by atoms with Crippen LogP contribution in [-0.4, -0.2) is 0 Å². The highest BCUT2D eigenvalue weighted by atomic mass is 14.2. The van der Waals surface area contributed by atoms with Crippen molar-refractivity contribution in [1.82, 2.24) is 0 Å². The molecule has 0 atom stereocenters. The van der Waals surface area contributed by atoms with Gasteiger partial charge in [-0.25, -0.2) is 0 Å². The first-order valence-electron chi connectivity index (χ1n) is 9.71. The van der Waals surface area contributed by atoms with Crippen molar-refractivity contribution in [2.45, 2.75) is 0 Å². The summed E-state index contributed by atoms with van der Waals surface area (Å²) in [6, 6.07) is 39.6. The average molecular weight is 354 g/mol. The molecule has 6 aromatic rings. The molecule has 0 heteroatoms. The van der Waals surface area contributed by atoms with Crippen molar-refractivity contribution in [2.75, 3.05) is 0 Å². The topological polar surface area (TPSA) is 0 Å². The fourth-order valence-corrected chi connectivity index (χ4v) is 4.57. The summed E-state index contributed by atoms with van der Waals surface area (Å²) in [5.41, 5.74) is 2.60. The first kappa shape index (κ1) is 15.4. The van der Waals surface area contributed by atoms with Gasteiger partial charge in [0.2, 0.25) is 0 Å². The molecule has 0 aliphatic carbocycles. The second-order valence-corrected chi connectivity index (χ2v) is 7.38. The van der Waals surface area contributed by atoms with Crippen molar-refractivity contribution >= 4 is 43.1 Å². The summed E-state index contributed by atoms with van der Waals surface area (Å²) in [5, 5.41) is 10.4. The Labute approximate surface area is 163 Å². The van der Waals surface area contributed by atoms with Gasteiger partial charge in [-0.05, 0) is 54.2 Å². The van der Waals surface area contributed by atoms with Crippen molar-refractivity contribution in [3.8, 4) is 11.1 Å². The van der Waals surface area contributed by atoms with Crippen LogP contribution >= 0.6 is 0 Å². The molecule has 0 spiro atoms. The Morgan fingerprint density at radius 3 is 1.18 bits per heavy atom. The van der Waals surface area contributed by atoms with Crippen LogP contribution in [0.25, 0.3) is 54.2 Å². The second-order valence-electron chi connectivity index (χ2n) is 7.38. The molecule has 0 saturated heterocycles. The van der Waals surface area contributed by atoms with Gasteiger partial charge in [0.15, 0.2) is 0 Å². The maximum atomic E-state index is 2.27. The molecule has 0 aromatic heterocycles. The van der Waals surface area contributed by atoms with Gasteiger partial charge < -0.3 is 0 Å². The maximum Gasteiger partial charge on any atom is -0.00266 e. The molecule has 0 N–H and O–H groups in total. The SMILES string of the molecule is c1ccc2c(c1)ccc1cccc(-c3cccc4ccc5ccccc5c34)c12. The summed E-state index contributed by atoms with van der Waals surface area (Å²) in [6.45, 7) is 0. The van der Waals surface area contributed by atoms with Crippen molar-refractivity contribution in [1.29, 1.82) is 0 Å². The van der Waals surface area contributed by atoms with Gasteiger partial charge in [-0.3, -0.25) is 0 Å². The number of fused-ring (bicyclic) bond motifs is 6. The summed E-state index contributed by atoms with van der Waals surface area (Å²) >= 11 is 0. The molecule has 0 aliphatic rings. The lowest BCUT2D eigenvalue weighted by molar-refractivity contribution is 1.71. The largest absolute Gasteiger partial charge is 0.0616 e. The van der Waals surface area contributed by atoms with Crippen molar-refractivity contribution in [2.24, 2.45) is 0 Å². The standard InChI is InChI=1S/C28H18/c1-3-11-23-19(7-1)15-17-21-9-5-13-25(27(21)23)26-14-6-10-22-18-16-20-8-2-4-12-24(20)28(22)26/h1-18H. The summed E-state index contributed by atoms with van der Waals surface area (Å²) in [5.74, 6) is 0. The zero-order valence-electron chi connectivity index (χ0n) is 15.4. The summed E-state index contributed by atoms with van der Waals surface area (Å²) < 4.78 is 0.